The van der Waals surface area contributed by atoms with Crippen molar-refractivity contribution < 1.29 is 4.79 Å². The summed E-state index contributed by atoms with van der Waals surface area (Å²) >= 11 is 0. The third-order valence-electron chi connectivity index (χ3n) is 3.62. The number of hydrogen-bond donors (Lipinski definition) is 1. The Balaban J connectivity index is 2.51. The molecular formula is C14H20N2O. The highest BCUT2D eigenvalue weighted by atomic mass is 16.1. The molecule has 0 amide bonds. The fourth-order valence-corrected chi connectivity index (χ4v) is 2.63. The minimum absolute atomic E-state index is 0.153. The van der Waals surface area contributed by atoms with E-state index >= 15 is 0 Å². The lowest BCUT2D eigenvalue weighted by molar-refractivity contribution is -0.106. The Morgan fingerprint density at radius 1 is 1.47 bits per heavy atom. The van der Waals surface area contributed by atoms with Gasteiger partial charge in [-0.15, -0.1) is 0 Å². The number of nitrogen functional groups attached to an aromatic ring is 1. The van der Waals surface area contributed by atoms with Crippen molar-refractivity contribution in [1.82, 2.24) is 0 Å². The van der Waals surface area contributed by atoms with Crippen LogP contribution in [0.25, 0.3) is 0 Å². The maximum atomic E-state index is 10.8. The lowest BCUT2D eigenvalue weighted by atomic mass is 9.80. The van der Waals surface area contributed by atoms with Crippen LogP contribution in [-0.2, 0) is 10.2 Å². The van der Waals surface area contributed by atoms with E-state index in [-0.39, 0.29) is 5.41 Å². The molecule has 2 rings (SSSR count). The molecule has 1 heterocycles. The number of carbonyl (C=O) groups excluding carboxylic acids is 1. The highest BCUT2D eigenvalue weighted by molar-refractivity contribution is 5.68. The first kappa shape index (κ1) is 12.0. The Bertz CT molecular complexity index is 426. The quantitative estimate of drug-likeness (QED) is 0.629. The molecule has 0 bridgehead atoms. The second-order valence-corrected chi connectivity index (χ2v) is 5.38. The summed E-state index contributed by atoms with van der Waals surface area (Å²) < 4.78 is 0. The Morgan fingerprint density at radius 3 is 2.94 bits per heavy atom. The van der Waals surface area contributed by atoms with E-state index in [1.807, 2.05) is 12.1 Å². The lowest BCUT2D eigenvalue weighted by Gasteiger charge is -2.28. The van der Waals surface area contributed by atoms with Gasteiger partial charge in [-0.05, 0) is 36.0 Å². The Labute approximate surface area is 103 Å². The monoisotopic (exact) mass is 232 g/mol. The van der Waals surface area contributed by atoms with Crippen molar-refractivity contribution in [3.05, 3.63) is 23.8 Å². The van der Waals surface area contributed by atoms with Gasteiger partial charge < -0.3 is 15.4 Å². The molecule has 1 aromatic rings. The fraction of sp³-hybridized carbons (Fsp3) is 0.500. The van der Waals surface area contributed by atoms with Crippen molar-refractivity contribution in [2.45, 2.75) is 32.1 Å². The first-order valence-corrected chi connectivity index (χ1v) is 6.13. The van der Waals surface area contributed by atoms with Gasteiger partial charge in [0.1, 0.15) is 6.29 Å². The average molecular weight is 232 g/mol. The molecule has 0 aromatic heterocycles. The van der Waals surface area contributed by atoms with Crippen LogP contribution in [-0.4, -0.2) is 19.4 Å². The molecule has 0 atom stereocenters. The molecular weight excluding hydrogens is 212 g/mol. The maximum absolute atomic E-state index is 10.8. The molecule has 17 heavy (non-hydrogen) atoms. The third kappa shape index (κ3) is 2.28. The topological polar surface area (TPSA) is 46.3 Å². The van der Waals surface area contributed by atoms with Gasteiger partial charge in [0.05, 0.1) is 6.54 Å². The van der Waals surface area contributed by atoms with Crippen LogP contribution < -0.4 is 10.6 Å². The predicted octanol–water partition coefficient (Wildman–Crippen LogP) is 2.35. The lowest BCUT2D eigenvalue weighted by Crippen LogP contribution is -2.26. The molecule has 0 aliphatic carbocycles. The Kier molecular flexibility index (Phi) is 3.09. The van der Waals surface area contributed by atoms with Gasteiger partial charge in [-0.1, -0.05) is 19.9 Å². The second-order valence-electron chi connectivity index (χ2n) is 5.38. The number of fused-ring (bicyclic) bond motifs is 1. The summed E-state index contributed by atoms with van der Waals surface area (Å²) in [5.41, 5.74) is 9.20. The zero-order valence-electron chi connectivity index (χ0n) is 10.6. The number of benzene rings is 1. The molecule has 92 valence electrons. The SMILES string of the molecule is CC1(C)CCCN(CC=O)c2cc(N)ccc21. The maximum Gasteiger partial charge on any atom is 0.139 e. The average Bonchev–Trinajstić information content (AvgIpc) is 2.37. The van der Waals surface area contributed by atoms with E-state index in [0.29, 0.717) is 6.54 Å². The van der Waals surface area contributed by atoms with Crippen molar-refractivity contribution in [2.75, 3.05) is 23.7 Å². The summed E-state index contributed by atoms with van der Waals surface area (Å²) in [4.78, 5) is 12.9. The van der Waals surface area contributed by atoms with Crippen molar-refractivity contribution in [1.29, 1.82) is 0 Å². The van der Waals surface area contributed by atoms with Crippen LogP contribution in [0.2, 0.25) is 0 Å². The normalized spacial score (nSPS) is 18.4. The van der Waals surface area contributed by atoms with Crippen LogP contribution in [0.4, 0.5) is 11.4 Å². The van der Waals surface area contributed by atoms with Gasteiger partial charge in [-0.25, -0.2) is 0 Å². The molecule has 0 unspecified atom stereocenters. The molecule has 1 aliphatic rings. The highest BCUT2D eigenvalue weighted by Crippen LogP contribution is 2.39. The van der Waals surface area contributed by atoms with E-state index in [4.69, 9.17) is 5.73 Å². The molecule has 2 N–H and O–H groups in total. The molecule has 0 saturated heterocycles. The minimum Gasteiger partial charge on any atom is -0.399 e. The van der Waals surface area contributed by atoms with E-state index in [1.165, 1.54) is 5.56 Å². The van der Waals surface area contributed by atoms with E-state index in [0.717, 1.165) is 37.0 Å². The van der Waals surface area contributed by atoms with Crippen LogP contribution in [0.3, 0.4) is 0 Å². The third-order valence-corrected chi connectivity index (χ3v) is 3.62. The van der Waals surface area contributed by atoms with Gasteiger partial charge in [0.25, 0.3) is 0 Å². The second kappa shape index (κ2) is 4.40. The number of hydrogen-bond acceptors (Lipinski definition) is 3. The molecule has 1 aliphatic heterocycles. The smallest absolute Gasteiger partial charge is 0.139 e. The highest BCUT2D eigenvalue weighted by Gasteiger charge is 2.28. The molecule has 0 spiro atoms. The molecule has 3 nitrogen and oxygen atoms in total. The largest absolute Gasteiger partial charge is 0.399 e. The van der Waals surface area contributed by atoms with E-state index in [1.54, 1.807) is 0 Å². The van der Waals surface area contributed by atoms with Gasteiger partial charge in [0.15, 0.2) is 0 Å². The van der Waals surface area contributed by atoms with Gasteiger partial charge in [-0.3, -0.25) is 0 Å². The number of carbonyl (C=O) groups is 1. The summed E-state index contributed by atoms with van der Waals surface area (Å²) in [6, 6.07) is 6.05. The van der Waals surface area contributed by atoms with Crippen LogP contribution in [0.5, 0.6) is 0 Å². The van der Waals surface area contributed by atoms with Crippen LogP contribution in [0.1, 0.15) is 32.3 Å². The van der Waals surface area contributed by atoms with Crippen molar-refractivity contribution in [3.63, 3.8) is 0 Å². The van der Waals surface area contributed by atoms with Gasteiger partial charge in [-0.2, -0.15) is 0 Å². The summed E-state index contributed by atoms with van der Waals surface area (Å²) in [5, 5.41) is 0. The molecule has 0 saturated carbocycles. The van der Waals surface area contributed by atoms with Gasteiger partial charge in [0, 0.05) is 17.9 Å². The number of anilines is 2. The molecule has 3 heteroatoms. The molecule has 0 fully saturated rings. The van der Waals surface area contributed by atoms with Crippen molar-refractivity contribution in [3.8, 4) is 0 Å². The first-order chi connectivity index (χ1) is 8.04. The summed E-state index contributed by atoms with van der Waals surface area (Å²) in [7, 11) is 0. The van der Waals surface area contributed by atoms with Gasteiger partial charge in [0.2, 0.25) is 0 Å². The summed E-state index contributed by atoms with van der Waals surface area (Å²) in [6.07, 6.45) is 3.21. The molecule has 0 radical (unpaired) electrons. The standard InChI is InChI=1S/C14H20N2O/c1-14(2)6-3-7-16(8-9-17)13-10-11(15)4-5-12(13)14/h4-5,9-10H,3,6-8,15H2,1-2H3. The zero-order chi connectivity index (χ0) is 12.5. The zero-order valence-corrected chi connectivity index (χ0v) is 10.6. The summed E-state index contributed by atoms with van der Waals surface area (Å²) in [6.45, 7) is 5.89. The fourth-order valence-electron chi connectivity index (χ4n) is 2.63. The van der Waals surface area contributed by atoms with Crippen LogP contribution in [0, 0.1) is 0 Å². The van der Waals surface area contributed by atoms with Gasteiger partial charge >= 0.3 is 0 Å². The van der Waals surface area contributed by atoms with E-state index in [2.05, 4.69) is 24.8 Å². The number of rotatable bonds is 2. The van der Waals surface area contributed by atoms with Crippen LogP contribution >= 0.6 is 0 Å². The van der Waals surface area contributed by atoms with Crippen molar-refractivity contribution >= 4 is 17.7 Å². The Hall–Kier alpha value is -1.51. The number of nitrogens with two attached hydrogens (primary N) is 1. The predicted molar refractivity (Wildman–Crippen MR) is 71.4 cm³/mol. The number of aldehydes is 1. The van der Waals surface area contributed by atoms with E-state index < -0.39 is 0 Å². The first-order valence-electron chi connectivity index (χ1n) is 6.13. The summed E-state index contributed by atoms with van der Waals surface area (Å²) in [5.74, 6) is 0. The van der Waals surface area contributed by atoms with E-state index in [9.17, 15) is 4.79 Å². The molecule has 1 aromatic carbocycles. The Morgan fingerprint density at radius 2 is 2.24 bits per heavy atom. The number of nitrogens with zero attached hydrogens (tertiary/aromatic N) is 1. The minimum atomic E-state index is 0.153. The van der Waals surface area contributed by atoms with Crippen molar-refractivity contribution in [2.24, 2.45) is 0 Å². The van der Waals surface area contributed by atoms with Crippen LogP contribution in [0.15, 0.2) is 18.2 Å².